The normalized spacial score (nSPS) is 31.2. The van der Waals surface area contributed by atoms with Crippen LogP contribution in [0.4, 0.5) is 5.69 Å². The molecule has 0 spiro atoms. The number of ether oxygens (including phenoxy) is 1. The fourth-order valence-electron chi connectivity index (χ4n) is 3.10. The predicted molar refractivity (Wildman–Crippen MR) is 75.3 cm³/mol. The van der Waals surface area contributed by atoms with Crippen molar-refractivity contribution in [3.63, 3.8) is 0 Å². The number of carboxylic acid groups (broad SMARTS) is 1. The minimum Gasteiger partial charge on any atom is -0.481 e. The van der Waals surface area contributed by atoms with E-state index < -0.39 is 17.8 Å². The van der Waals surface area contributed by atoms with Gasteiger partial charge >= 0.3 is 5.97 Å². The lowest BCUT2D eigenvalue weighted by Gasteiger charge is -2.24. The lowest BCUT2D eigenvalue weighted by molar-refractivity contribution is -0.147. The molecule has 2 bridgehead atoms. The Balaban J connectivity index is 1.80. The number of aliphatic carboxylic acids is 1. The summed E-state index contributed by atoms with van der Waals surface area (Å²) >= 11 is 3.36. The van der Waals surface area contributed by atoms with Crippen molar-refractivity contribution in [3.05, 3.63) is 28.7 Å². The van der Waals surface area contributed by atoms with Crippen LogP contribution in [0.15, 0.2) is 28.7 Å². The highest BCUT2D eigenvalue weighted by atomic mass is 79.9. The van der Waals surface area contributed by atoms with Gasteiger partial charge < -0.3 is 15.2 Å². The molecule has 6 heteroatoms. The zero-order valence-corrected chi connectivity index (χ0v) is 12.2. The van der Waals surface area contributed by atoms with E-state index in [0.29, 0.717) is 5.69 Å². The van der Waals surface area contributed by atoms with Crippen molar-refractivity contribution in [1.82, 2.24) is 0 Å². The Hall–Kier alpha value is -1.40. The van der Waals surface area contributed by atoms with Crippen LogP contribution >= 0.6 is 15.9 Å². The summed E-state index contributed by atoms with van der Waals surface area (Å²) in [5.74, 6) is -2.59. The van der Waals surface area contributed by atoms with Gasteiger partial charge in [0.15, 0.2) is 0 Å². The summed E-state index contributed by atoms with van der Waals surface area (Å²) in [7, 11) is 0. The van der Waals surface area contributed by atoms with Gasteiger partial charge in [0.05, 0.1) is 29.7 Å². The third-order valence-corrected chi connectivity index (χ3v) is 4.68. The summed E-state index contributed by atoms with van der Waals surface area (Å²) in [4.78, 5) is 23.8. The van der Waals surface area contributed by atoms with E-state index in [1.807, 2.05) is 18.2 Å². The van der Waals surface area contributed by atoms with Crippen LogP contribution in [0.1, 0.15) is 12.8 Å². The van der Waals surface area contributed by atoms with Crippen molar-refractivity contribution in [2.45, 2.75) is 25.0 Å². The summed E-state index contributed by atoms with van der Waals surface area (Å²) in [6.07, 6.45) is 0.874. The first-order valence-corrected chi connectivity index (χ1v) is 7.31. The number of nitrogens with one attached hydrogen (secondary N) is 1. The van der Waals surface area contributed by atoms with Gasteiger partial charge in [-0.25, -0.2) is 0 Å². The molecule has 0 saturated carbocycles. The molecule has 0 aliphatic carbocycles. The Bertz CT molecular complexity index is 562. The lowest BCUT2D eigenvalue weighted by Crippen LogP contribution is -2.41. The lowest BCUT2D eigenvalue weighted by atomic mass is 9.78. The summed E-state index contributed by atoms with van der Waals surface area (Å²) in [5.41, 5.74) is 0.643. The van der Waals surface area contributed by atoms with Gasteiger partial charge in [0, 0.05) is 4.47 Å². The van der Waals surface area contributed by atoms with Crippen LogP contribution in [0.5, 0.6) is 0 Å². The highest BCUT2D eigenvalue weighted by Crippen LogP contribution is 2.44. The van der Waals surface area contributed by atoms with Crippen LogP contribution in [0.2, 0.25) is 0 Å². The summed E-state index contributed by atoms with van der Waals surface area (Å²) < 4.78 is 6.36. The summed E-state index contributed by atoms with van der Waals surface area (Å²) in [6.45, 7) is 0. The Labute approximate surface area is 124 Å². The standard InChI is InChI=1S/C14H14BrNO4/c15-7-3-1-2-4-8(7)16-13(17)11-9-5-6-10(20-9)12(11)14(18)19/h1-4,9-12H,5-6H2,(H,16,17)(H,18,19)/t9-,10-,11+,12-/m1/s1. The molecule has 20 heavy (non-hydrogen) atoms. The molecule has 2 heterocycles. The second-order valence-corrected chi connectivity index (χ2v) is 6.00. The number of anilines is 1. The van der Waals surface area contributed by atoms with E-state index in [2.05, 4.69) is 21.2 Å². The van der Waals surface area contributed by atoms with E-state index in [-0.39, 0.29) is 18.1 Å². The van der Waals surface area contributed by atoms with E-state index in [9.17, 15) is 14.7 Å². The Morgan fingerprint density at radius 2 is 1.85 bits per heavy atom. The van der Waals surface area contributed by atoms with Crippen LogP contribution < -0.4 is 5.32 Å². The van der Waals surface area contributed by atoms with Gasteiger partial charge in [0.1, 0.15) is 0 Å². The maximum atomic E-state index is 12.4. The number of para-hydroxylation sites is 1. The van der Waals surface area contributed by atoms with Crippen LogP contribution in [-0.4, -0.2) is 29.2 Å². The molecule has 3 rings (SSSR count). The first-order valence-electron chi connectivity index (χ1n) is 6.51. The summed E-state index contributed by atoms with van der Waals surface area (Å²) in [6, 6.07) is 7.25. The highest BCUT2D eigenvalue weighted by molar-refractivity contribution is 9.10. The van der Waals surface area contributed by atoms with E-state index in [4.69, 9.17) is 4.74 Å². The van der Waals surface area contributed by atoms with E-state index >= 15 is 0 Å². The third-order valence-electron chi connectivity index (χ3n) is 3.99. The van der Waals surface area contributed by atoms with Crippen molar-refractivity contribution >= 4 is 33.5 Å². The van der Waals surface area contributed by atoms with Crippen LogP contribution in [0.25, 0.3) is 0 Å². The van der Waals surface area contributed by atoms with Crippen molar-refractivity contribution in [1.29, 1.82) is 0 Å². The minimum absolute atomic E-state index is 0.274. The summed E-state index contributed by atoms with van der Waals surface area (Å²) in [5, 5.41) is 12.1. The number of benzene rings is 1. The Kier molecular flexibility index (Phi) is 3.52. The first kappa shape index (κ1) is 13.6. The highest BCUT2D eigenvalue weighted by Gasteiger charge is 2.55. The molecule has 2 N–H and O–H groups in total. The molecule has 0 unspecified atom stereocenters. The molecule has 0 aromatic heterocycles. The van der Waals surface area contributed by atoms with E-state index in [1.165, 1.54) is 0 Å². The number of amides is 1. The molecule has 2 aliphatic heterocycles. The van der Waals surface area contributed by atoms with Gasteiger partial charge in [-0.1, -0.05) is 12.1 Å². The molecule has 4 atom stereocenters. The molecular formula is C14H14BrNO4. The Morgan fingerprint density at radius 1 is 1.20 bits per heavy atom. The zero-order valence-electron chi connectivity index (χ0n) is 10.6. The molecule has 2 saturated heterocycles. The largest absolute Gasteiger partial charge is 0.481 e. The number of carbonyl (C=O) groups is 2. The van der Waals surface area contributed by atoms with Crippen molar-refractivity contribution in [2.24, 2.45) is 11.8 Å². The SMILES string of the molecule is O=C(Nc1ccccc1Br)[C@@H]1[C@H](C(=O)O)[C@H]2CC[C@H]1O2. The fraction of sp³-hybridized carbons (Fsp3) is 0.429. The predicted octanol–water partition coefficient (Wildman–Crippen LogP) is 2.27. The second-order valence-electron chi connectivity index (χ2n) is 5.15. The maximum absolute atomic E-state index is 12.4. The number of hydrogen-bond donors (Lipinski definition) is 2. The molecule has 106 valence electrons. The van der Waals surface area contributed by atoms with Gasteiger partial charge in [-0.3, -0.25) is 9.59 Å². The first-order chi connectivity index (χ1) is 9.58. The number of carboxylic acids is 1. The van der Waals surface area contributed by atoms with Gasteiger partial charge in [0.25, 0.3) is 0 Å². The van der Waals surface area contributed by atoms with Gasteiger partial charge in [-0.2, -0.15) is 0 Å². The molecule has 2 aliphatic rings. The molecule has 1 aromatic rings. The number of rotatable bonds is 3. The Morgan fingerprint density at radius 3 is 2.50 bits per heavy atom. The topological polar surface area (TPSA) is 75.6 Å². The van der Waals surface area contributed by atoms with Crippen LogP contribution in [-0.2, 0) is 14.3 Å². The number of fused-ring (bicyclic) bond motifs is 2. The molecular weight excluding hydrogens is 326 g/mol. The van der Waals surface area contributed by atoms with Gasteiger partial charge in [-0.15, -0.1) is 0 Å². The smallest absolute Gasteiger partial charge is 0.310 e. The average Bonchev–Trinajstić information content (AvgIpc) is 3.01. The molecule has 2 fully saturated rings. The van der Waals surface area contributed by atoms with Crippen LogP contribution in [0, 0.1) is 11.8 Å². The van der Waals surface area contributed by atoms with Gasteiger partial charge in [0.2, 0.25) is 5.91 Å². The monoisotopic (exact) mass is 339 g/mol. The van der Waals surface area contributed by atoms with E-state index in [1.54, 1.807) is 6.07 Å². The molecule has 1 aromatic carbocycles. The minimum atomic E-state index is -0.954. The van der Waals surface area contributed by atoms with E-state index in [0.717, 1.165) is 17.3 Å². The molecule has 5 nitrogen and oxygen atoms in total. The van der Waals surface area contributed by atoms with Gasteiger partial charge in [-0.05, 0) is 40.9 Å². The second kappa shape index (κ2) is 5.18. The fourth-order valence-corrected chi connectivity index (χ4v) is 3.49. The third kappa shape index (κ3) is 2.23. The quantitative estimate of drug-likeness (QED) is 0.885. The number of hydrogen-bond acceptors (Lipinski definition) is 3. The maximum Gasteiger partial charge on any atom is 0.310 e. The zero-order chi connectivity index (χ0) is 14.3. The molecule has 0 radical (unpaired) electrons. The molecule has 1 amide bonds. The van der Waals surface area contributed by atoms with Crippen LogP contribution in [0.3, 0.4) is 0 Å². The number of carbonyl (C=O) groups excluding carboxylic acids is 1. The number of halogens is 1. The average molecular weight is 340 g/mol. The van der Waals surface area contributed by atoms with Crippen molar-refractivity contribution < 1.29 is 19.4 Å². The van der Waals surface area contributed by atoms with Crippen molar-refractivity contribution in [3.8, 4) is 0 Å². The van der Waals surface area contributed by atoms with Crippen molar-refractivity contribution in [2.75, 3.05) is 5.32 Å².